The first-order valence-electron chi connectivity index (χ1n) is 6.17. The second-order valence-corrected chi connectivity index (χ2v) is 4.65. The van der Waals surface area contributed by atoms with Crippen LogP contribution in [0.4, 0.5) is 17.6 Å². The maximum atomic E-state index is 14.1. The molecule has 0 aromatic heterocycles. The van der Waals surface area contributed by atoms with Crippen molar-refractivity contribution in [3.8, 4) is 17.2 Å². The number of nitrogens with zero attached hydrogens (tertiary/aromatic N) is 1. The normalized spacial score (nSPS) is 11.2. The lowest BCUT2D eigenvalue weighted by Crippen LogP contribution is -2.09. The van der Waals surface area contributed by atoms with Gasteiger partial charge >= 0.3 is 6.18 Å². The van der Waals surface area contributed by atoms with Crippen LogP contribution in [0.5, 0.6) is 0 Å². The molecular formula is C16H11F4N. The highest BCUT2D eigenvalue weighted by Crippen LogP contribution is 2.36. The number of halogens is 4. The summed E-state index contributed by atoms with van der Waals surface area (Å²) in [5.74, 6) is -1.28. The third-order valence-corrected chi connectivity index (χ3v) is 3.17. The Kier molecular flexibility index (Phi) is 3.99. The van der Waals surface area contributed by atoms with E-state index in [1.807, 2.05) is 6.07 Å². The molecule has 0 N–H and O–H groups in total. The molecule has 108 valence electrons. The molecule has 0 aliphatic rings. The van der Waals surface area contributed by atoms with E-state index in [9.17, 15) is 17.6 Å². The molecule has 1 nitrogen and oxygen atoms in total. The molecular weight excluding hydrogens is 282 g/mol. The van der Waals surface area contributed by atoms with E-state index in [-0.39, 0.29) is 12.0 Å². The van der Waals surface area contributed by atoms with Crippen molar-refractivity contribution in [2.24, 2.45) is 0 Å². The number of nitriles is 1. The number of alkyl halides is 3. The van der Waals surface area contributed by atoms with Crippen molar-refractivity contribution in [3.05, 3.63) is 58.9 Å². The predicted molar refractivity (Wildman–Crippen MR) is 70.9 cm³/mol. The van der Waals surface area contributed by atoms with Gasteiger partial charge in [-0.05, 0) is 29.7 Å². The molecule has 0 aliphatic heterocycles. The van der Waals surface area contributed by atoms with Crippen LogP contribution in [-0.2, 0) is 12.6 Å². The molecule has 0 spiro atoms. The van der Waals surface area contributed by atoms with E-state index in [1.54, 1.807) is 25.1 Å². The third-order valence-electron chi connectivity index (χ3n) is 3.17. The van der Waals surface area contributed by atoms with Gasteiger partial charge in [0.05, 0.1) is 18.1 Å². The molecule has 0 fully saturated rings. The molecule has 0 atom stereocenters. The predicted octanol–water partition coefficient (Wildman–Crippen LogP) is 4.89. The van der Waals surface area contributed by atoms with Gasteiger partial charge in [-0.25, -0.2) is 4.39 Å². The molecule has 2 aromatic rings. The molecule has 21 heavy (non-hydrogen) atoms. The molecule has 0 radical (unpaired) electrons. The fourth-order valence-corrected chi connectivity index (χ4v) is 2.19. The number of rotatable bonds is 2. The second-order valence-electron chi connectivity index (χ2n) is 4.65. The minimum absolute atomic E-state index is 0.0918. The van der Waals surface area contributed by atoms with Gasteiger partial charge in [0.1, 0.15) is 5.82 Å². The summed E-state index contributed by atoms with van der Waals surface area (Å²) in [6, 6.07) is 10.0. The Hall–Kier alpha value is -2.35. The van der Waals surface area contributed by atoms with Crippen molar-refractivity contribution in [1.82, 2.24) is 0 Å². The summed E-state index contributed by atoms with van der Waals surface area (Å²) in [4.78, 5) is 0. The highest BCUT2D eigenvalue weighted by atomic mass is 19.4. The number of aryl methyl sites for hydroxylation is 1. The SMILES string of the molecule is Cc1cc(CC#N)ccc1-c1cccc(C(F)(F)F)c1F. The Morgan fingerprint density at radius 2 is 1.81 bits per heavy atom. The van der Waals surface area contributed by atoms with E-state index < -0.39 is 17.6 Å². The summed E-state index contributed by atoms with van der Waals surface area (Å²) < 4.78 is 52.3. The smallest absolute Gasteiger partial charge is 0.206 e. The monoisotopic (exact) mass is 293 g/mol. The van der Waals surface area contributed by atoms with Crippen LogP contribution < -0.4 is 0 Å². The van der Waals surface area contributed by atoms with Crippen molar-refractivity contribution >= 4 is 0 Å². The van der Waals surface area contributed by atoms with Crippen LogP contribution in [0.3, 0.4) is 0 Å². The van der Waals surface area contributed by atoms with Crippen LogP contribution in [0.2, 0.25) is 0 Å². The molecule has 0 amide bonds. The van der Waals surface area contributed by atoms with Crippen LogP contribution >= 0.6 is 0 Å². The zero-order valence-corrected chi connectivity index (χ0v) is 11.1. The summed E-state index contributed by atoms with van der Waals surface area (Å²) in [7, 11) is 0. The molecule has 0 aliphatic carbocycles. The summed E-state index contributed by atoms with van der Waals surface area (Å²) in [6.45, 7) is 1.68. The first-order valence-corrected chi connectivity index (χ1v) is 6.17. The fourth-order valence-electron chi connectivity index (χ4n) is 2.19. The molecule has 0 saturated heterocycles. The largest absolute Gasteiger partial charge is 0.419 e. The molecule has 2 rings (SSSR count). The molecule has 0 saturated carbocycles. The van der Waals surface area contributed by atoms with Crippen molar-refractivity contribution < 1.29 is 17.6 Å². The van der Waals surface area contributed by atoms with E-state index >= 15 is 0 Å². The molecule has 2 aromatic carbocycles. The van der Waals surface area contributed by atoms with Crippen LogP contribution in [0.1, 0.15) is 16.7 Å². The lowest BCUT2D eigenvalue weighted by atomic mass is 9.95. The number of hydrogen-bond donors (Lipinski definition) is 0. The van der Waals surface area contributed by atoms with Gasteiger partial charge < -0.3 is 0 Å². The van der Waals surface area contributed by atoms with Gasteiger partial charge in [0, 0.05) is 5.56 Å². The van der Waals surface area contributed by atoms with Gasteiger partial charge in [-0.2, -0.15) is 18.4 Å². The summed E-state index contributed by atoms with van der Waals surface area (Å²) >= 11 is 0. The van der Waals surface area contributed by atoms with Crippen molar-refractivity contribution in [3.63, 3.8) is 0 Å². The van der Waals surface area contributed by atoms with E-state index in [4.69, 9.17) is 5.26 Å². The van der Waals surface area contributed by atoms with E-state index in [1.165, 1.54) is 12.1 Å². The van der Waals surface area contributed by atoms with Crippen LogP contribution in [0.25, 0.3) is 11.1 Å². The average molecular weight is 293 g/mol. The minimum Gasteiger partial charge on any atom is -0.206 e. The first-order chi connectivity index (χ1) is 9.84. The first kappa shape index (κ1) is 15.0. The Labute approximate surface area is 119 Å². The van der Waals surface area contributed by atoms with Gasteiger partial charge in [-0.15, -0.1) is 0 Å². The zero-order chi connectivity index (χ0) is 15.6. The molecule has 0 bridgehead atoms. The Balaban J connectivity index is 2.56. The van der Waals surface area contributed by atoms with Gasteiger partial charge in [-0.1, -0.05) is 30.3 Å². The molecule has 0 unspecified atom stereocenters. The van der Waals surface area contributed by atoms with Crippen LogP contribution in [0.15, 0.2) is 36.4 Å². The minimum atomic E-state index is -4.73. The number of hydrogen-bond acceptors (Lipinski definition) is 1. The lowest BCUT2D eigenvalue weighted by Gasteiger charge is -2.13. The van der Waals surface area contributed by atoms with E-state index in [2.05, 4.69) is 0 Å². The highest BCUT2D eigenvalue weighted by molar-refractivity contribution is 5.69. The summed E-state index contributed by atoms with van der Waals surface area (Å²) in [5.41, 5.74) is 0.388. The van der Waals surface area contributed by atoms with Crippen LogP contribution in [0, 0.1) is 24.1 Å². The highest BCUT2D eigenvalue weighted by Gasteiger charge is 2.35. The van der Waals surface area contributed by atoms with Crippen LogP contribution in [-0.4, -0.2) is 0 Å². The van der Waals surface area contributed by atoms with E-state index in [0.717, 1.165) is 11.6 Å². The third kappa shape index (κ3) is 3.05. The maximum Gasteiger partial charge on any atom is 0.419 e. The number of benzene rings is 2. The summed E-state index contributed by atoms with van der Waals surface area (Å²) in [5, 5.41) is 8.63. The van der Waals surface area contributed by atoms with Gasteiger partial charge in [0.25, 0.3) is 0 Å². The average Bonchev–Trinajstić information content (AvgIpc) is 2.39. The quantitative estimate of drug-likeness (QED) is 0.723. The standard InChI is InChI=1S/C16H11F4N/c1-10-9-11(7-8-21)5-6-12(10)13-3-2-4-14(15(13)17)16(18,19)20/h2-6,9H,7H2,1H3. The van der Waals surface area contributed by atoms with Crippen molar-refractivity contribution in [1.29, 1.82) is 5.26 Å². The molecule has 0 heterocycles. The van der Waals surface area contributed by atoms with E-state index in [0.29, 0.717) is 11.1 Å². The second kappa shape index (κ2) is 5.57. The molecule has 5 heteroatoms. The van der Waals surface area contributed by atoms with Crippen molar-refractivity contribution in [2.75, 3.05) is 0 Å². The fraction of sp³-hybridized carbons (Fsp3) is 0.188. The topological polar surface area (TPSA) is 23.8 Å². The van der Waals surface area contributed by atoms with Gasteiger partial charge in [0.2, 0.25) is 0 Å². The van der Waals surface area contributed by atoms with Gasteiger partial charge in [0.15, 0.2) is 0 Å². The van der Waals surface area contributed by atoms with Gasteiger partial charge in [-0.3, -0.25) is 0 Å². The Morgan fingerprint density at radius 3 is 2.38 bits per heavy atom. The maximum absolute atomic E-state index is 14.1. The Morgan fingerprint density at radius 1 is 1.10 bits per heavy atom. The zero-order valence-electron chi connectivity index (χ0n) is 11.1. The summed E-state index contributed by atoms with van der Waals surface area (Å²) in [6.07, 6.45) is -4.53. The Bertz CT molecular complexity index is 711. The lowest BCUT2D eigenvalue weighted by molar-refractivity contribution is -0.139. The van der Waals surface area contributed by atoms with Crippen molar-refractivity contribution in [2.45, 2.75) is 19.5 Å².